The van der Waals surface area contributed by atoms with Gasteiger partial charge < -0.3 is 15.7 Å². The maximum Gasteiger partial charge on any atom is 0.437 e. The van der Waals surface area contributed by atoms with E-state index in [4.69, 9.17) is 0 Å². The van der Waals surface area contributed by atoms with E-state index in [9.17, 15) is 27.9 Å². The van der Waals surface area contributed by atoms with E-state index in [1.165, 1.54) is 35.8 Å². The van der Waals surface area contributed by atoms with Crippen molar-refractivity contribution in [2.45, 2.75) is 17.9 Å². The fourth-order valence-electron chi connectivity index (χ4n) is 2.97. The number of alkyl halides is 3. The van der Waals surface area contributed by atoms with E-state index in [0.717, 1.165) is 6.20 Å². The molecule has 2 aromatic rings. The van der Waals surface area contributed by atoms with Crippen LogP contribution in [0.3, 0.4) is 0 Å². The van der Waals surface area contributed by atoms with Crippen molar-refractivity contribution in [2.75, 3.05) is 0 Å². The summed E-state index contributed by atoms with van der Waals surface area (Å²) in [6.45, 7) is 0. The average molecular weight is 444 g/mol. The fourth-order valence-corrected chi connectivity index (χ4v) is 3.24. The van der Waals surface area contributed by atoms with E-state index in [1.54, 1.807) is 12.1 Å². The van der Waals surface area contributed by atoms with Crippen LogP contribution in [-0.2, 0) is 0 Å². The average Bonchev–Trinajstić information content (AvgIpc) is 2.61. The number of carbonyl (C=O) groups is 2. The summed E-state index contributed by atoms with van der Waals surface area (Å²) in [6, 6.07) is 6.07. The van der Waals surface area contributed by atoms with Gasteiger partial charge in [0.25, 0.3) is 0 Å². The molecule has 1 aliphatic rings. The molecule has 3 atom stereocenters. The summed E-state index contributed by atoms with van der Waals surface area (Å²) in [5, 5.41) is 14.2. The SMILES string of the molecule is O=C1N[C@H](c2ccc(Br)cc2)[C@H](C(=O)c2cccnc2)[C@](O)(C(F)(F)F)N1. The van der Waals surface area contributed by atoms with Crippen LogP contribution in [-0.4, -0.2) is 33.8 Å². The number of aromatic nitrogens is 1. The highest BCUT2D eigenvalue weighted by molar-refractivity contribution is 9.10. The smallest absolute Gasteiger partial charge is 0.363 e. The molecule has 2 amide bonds. The molecule has 1 saturated heterocycles. The lowest BCUT2D eigenvalue weighted by Gasteiger charge is -2.45. The molecule has 1 aromatic heterocycles. The Labute approximate surface area is 159 Å². The van der Waals surface area contributed by atoms with Gasteiger partial charge in [0.15, 0.2) is 5.78 Å². The van der Waals surface area contributed by atoms with E-state index in [1.807, 2.05) is 0 Å². The minimum atomic E-state index is -5.29. The Morgan fingerprint density at radius 1 is 1.22 bits per heavy atom. The lowest BCUT2D eigenvalue weighted by atomic mass is 9.77. The zero-order valence-electron chi connectivity index (χ0n) is 13.5. The molecule has 10 heteroatoms. The second kappa shape index (κ2) is 6.93. The number of pyridine rings is 1. The Bertz CT molecular complexity index is 861. The van der Waals surface area contributed by atoms with Gasteiger partial charge in [-0.15, -0.1) is 0 Å². The Morgan fingerprint density at radius 2 is 1.89 bits per heavy atom. The summed E-state index contributed by atoms with van der Waals surface area (Å²) in [5.41, 5.74) is -3.64. The second-order valence-electron chi connectivity index (χ2n) is 5.98. The van der Waals surface area contributed by atoms with Crippen LogP contribution in [0.25, 0.3) is 0 Å². The molecule has 1 aromatic carbocycles. The lowest BCUT2D eigenvalue weighted by Crippen LogP contribution is -2.72. The predicted molar refractivity (Wildman–Crippen MR) is 91.6 cm³/mol. The number of urea groups is 1. The summed E-state index contributed by atoms with van der Waals surface area (Å²) < 4.78 is 41.8. The number of rotatable bonds is 3. The van der Waals surface area contributed by atoms with Crippen LogP contribution in [0.15, 0.2) is 53.3 Å². The summed E-state index contributed by atoms with van der Waals surface area (Å²) in [7, 11) is 0. The summed E-state index contributed by atoms with van der Waals surface area (Å²) >= 11 is 3.21. The number of hydrogen-bond acceptors (Lipinski definition) is 4. The van der Waals surface area contributed by atoms with E-state index < -0.39 is 35.7 Å². The van der Waals surface area contributed by atoms with Gasteiger partial charge in [-0.2, -0.15) is 13.2 Å². The first kappa shape index (κ1) is 19.3. The Kier molecular flexibility index (Phi) is 4.96. The minimum Gasteiger partial charge on any atom is -0.363 e. The van der Waals surface area contributed by atoms with Gasteiger partial charge in [0, 0.05) is 22.4 Å². The van der Waals surface area contributed by atoms with Crippen molar-refractivity contribution >= 4 is 27.7 Å². The number of benzene rings is 1. The number of halogens is 4. The second-order valence-corrected chi connectivity index (χ2v) is 6.89. The highest BCUT2D eigenvalue weighted by Gasteiger charge is 2.66. The zero-order chi connectivity index (χ0) is 19.8. The molecule has 6 nitrogen and oxygen atoms in total. The molecule has 1 aliphatic heterocycles. The largest absolute Gasteiger partial charge is 0.437 e. The van der Waals surface area contributed by atoms with E-state index in [2.05, 4.69) is 26.2 Å². The molecule has 0 aliphatic carbocycles. The fraction of sp³-hybridized carbons (Fsp3) is 0.235. The first-order chi connectivity index (χ1) is 12.6. The predicted octanol–water partition coefficient (Wildman–Crippen LogP) is 2.95. The molecule has 3 N–H and O–H groups in total. The molecule has 0 spiro atoms. The molecule has 0 bridgehead atoms. The van der Waals surface area contributed by atoms with Gasteiger partial charge in [-0.05, 0) is 29.8 Å². The van der Waals surface area contributed by atoms with Crippen molar-refractivity contribution in [1.82, 2.24) is 15.6 Å². The highest BCUT2D eigenvalue weighted by Crippen LogP contribution is 2.43. The van der Waals surface area contributed by atoms with Crippen LogP contribution in [0, 0.1) is 5.92 Å². The normalized spacial score (nSPS) is 25.4. The first-order valence-electron chi connectivity index (χ1n) is 7.71. The molecule has 0 unspecified atom stereocenters. The third kappa shape index (κ3) is 3.54. The van der Waals surface area contributed by atoms with E-state index in [-0.39, 0.29) is 11.1 Å². The minimum absolute atomic E-state index is 0.120. The van der Waals surface area contributed by atoms with Gasteiger partial charge in [0.1, 0.15) is 5.92 Å². The van der Waals surface area contributed by atoms with Crippen LogP contribution in [0.4, 0.5) is 18.0 Å². The number of ketones is 1. The van der Waals surface area contributed by atoms with Crippen molar-refractivity contribution in [2.24, 2.45) is 5.92 Å². The van der Waals surface area contributed by atoms with Crippen molar-refractivity contribution in [1.29, 1.82) is 0 Å². The summed E-state index contributed by atoms with van der Waals surface area (Å²) in [6.07, 6.45) is -2.82. The standard InChI is InChI=1S/C17H13BrF3N3O3/c18-11-5-3-9(4-6-11)13-12(14(25)10-2-1-7-22-8-10)16(27,17(19,20)21)24-15(26)23-13/h1-8,12-13,27H,(H2,23,24,26)/t12-,13-,16+/m1/s1. The van der Waals surface area contributed by atoms with Crippen LogP contribution >= 0.6 is 15.9 Å². The molecule has 0 radical (unpaired) electrons. The number of amides is 2. The number of nitrogens with one attached hydrogen (secondary N) is 2. The topological polar surface area (TPSA) is 91.3 Å². The Morgan fingerprint density at radius 3 is 2.44 bits per heavy atom. The van der Waals surface area contributed by atoms with Crippen molar-refractivity contribution in [3.8, 4) is 0 Å². The van der Waals surface area contributed by atoms with Gasteiger partial charge in [-0.1, -0.05) is 28.1 Å². The maximum atomic E-state index is 13.7. The van der Waals surface area contributed by atoms with Gasteiger partial charge in [-0.3, -0.25) is 9.78 Å². The third-order valence-electron chi connectivity index (χ3n) is 4.26. The number of aliphatic hydroxyl groups is 1. The van der Waals surface area contributed by atoms with Crippen molar-refractivity contribution < 1.29 is 27.9 Å². The molecule has 1 fully saturated rings. The van der Waals surface area contributed by atoms with Crippen LogP contribution < -0.4 is 10.6 Å². The van der Waals surface area contributed by atoms with Gasteiger partial charge in [0.2, 0.25) is 5.72 Å². The van der Waals surface area contributed by atoms with Gasteiger partial charge in [-0.25, -0.2) is 4.79 Å². The van der Waals surface area contributed by atoms with Gasteiger partial charge >= 0.3 is 12.2 Å². The molecular weight excluding hydrogens is 431 g/mol. The number of Topliss-reactive ketones (excluding diaryl/α,β-unsaturated/α-hetero) is 1. The molecule has 2 heterocycles. The van der Waals surface area contributed by atoms with E-state index >= 15 is 0 Å². The zero-order valence-corrected chi connectivity index (χ0v) is 15.1. The van der Waals surface area contributed by atoms with E-state index in [0.29, 0.717) is 4.47 Å². The Balaban J connectivity index is 2.15. The maximum absolute atomic E-state index is 13.7. The van der Waals surface area contributed by atoms with Crippen molar-refractivity contribution in [3.63, 3.8) is 0 Å². The van der Waals surface area contributed by atoms with Crippen LogP contribution in [0.2, 0.25) is 0 Å². The molecular formula is C17H13BrF3N3O3. The van der Waals surface area contributed by atoms with Crippen LogP contribution in [0.1, 0.15) is 22.0 Å². The first-order valence-corrected chi connectivity index (χ1v) is 8.50. The Hall–Kier alpha value is -2.46. The third-order valence-corrected chi connectivity index (χ3v) is 4.79. The lowest BCUT2D eigenvalue weighted by molar-refractivity contribution is -0.287. The van der Waals surface area contributed by atoms with Crippen LogP contribution in [0.5, 0.6) is 0 Å². The quantitative estimate of drug-likeness (QED) is 0.636. The number of nitrogens with zero attached hydrogens (tertiary/aromatic N) is 1. The molecule has 3 rings (SSSR count). The highest BCUT2D eigenvalue weighted by atomic mass is 79.9. The molecule has 142 valence electrons. The molecule has 27 heavy (non-hydrogen) atoms. The van der Waals surface area contributed by atoms with Crippen molar-refractivity contribution in [3.05, 3.63) is 64.4 Å². The van der Waals surface area contributed by atoms with Gasteiger partial charge in [0.05, 0.1) is 6.04 Å². The molecule has 0 saturated carbocycles. The monoisotopic (exact) mass is 443 g/mol. The number of hydrogen-bond donors (Lipinski definition) is 3. The number of carbonyl (C=O) groups excluding carboxylic acids is 2. The summed E-state index contributed by atoms with van der Waals surface area (Å²) in [5.74, 6) is -3.08. The summed E-state index contributed by atoms with van der Waals surface area (Å²) in [4.78, 5) is 28.5.